The zero-order valence-electron chi connectivity index (χ0n) is 10.5. The lowest BCUT2D eigenvalue weighted by Crippen LogP contribution is -2.36. The van der Waals surface area contributed by atoms with Crippen LogP contribution in [0.1, 0.15) is 66.7 Å². The highest BCUT2D eigenvalue weighted by molar-refractivity contribution is 4.96. The molecule has 1 unspecified atom stereocenters. The maximum Gasteiger partial charge on any atom is 0.0627 e. The summed E-state index contributed by atoms with van der Waals surface area (Å²) in [6.07, 6.45) is 5.34. The molecule has 1 nitrogen and oxygen atoms in total. The molecule has 0 aliphatic rings. The molecule has 0 aromatic heterocycles. The fourth-order valence-corrected chi connectivity index (χ4v) is 2.45. The van der Waals surface area contributed by atoms with Gasteiger partial charge in [-0.05, 0) is 23.7 Å². The van der Waals surface area contributed by atoms with E-state index in [4.69, 9.17) is 5.26 Å². The summed E-state index contributed by atoms with van der Waals surface area (Å²) in [4.78, 5) is 0. The highest BCUT2D eigenvalue weighted by atomic mass is 14.5. The summed E-state index contributed by atoms with van der Waals surface area (Å²) >= 11 is 0. The Morgan fingerprint density at radius 1 is 1.07 bits per heavy atom. The third kappa shape index (κ3) is 2.50. The van der Waals surface area contributed by atoms with E-state index >= 15 is 0 Å². The van der Waals surface area contributed by atoms with Crippen molar-refractivity contribution < 1.29 is 0 Å². The topological polar surface area (TPSA) is 23.8 Å². The van der Waals surface area contributed by atoms with Gasteiger partial charge < -0.3 is 0 Å². The first-order valence-corrected chi connectivity index (χ1v) is 5.86. The van der Waals surface area contributed by atoms with Crippen LogP contribution in [0.3, 0.4) is 0 Å². The third-order valence-electron chi connectivity index (χ3n) is 4.14. The van der Waals surface area contributed by atoms with Crippen LogP contribution in [0, 0.1) is 22.2 Å². The van der Waals surface area contributed by atoms with Crippen molar-refractivity contribution >= 4 is 0 Å². The summed E-state index contributed by atoms with van der Waals surface area (Å²) in [6, 6.07) is 2.38. The van der Waals surface area contributed by atoms with Crippen molar-refractivity contribution in [1.29, 1.82) is 5.26 Å². The van der Waals surface area contributed by atoms with Crippen molar-refractivity contribution in [3.8, 4) is 6.07 Å². The fourth-order valence-electron chi connectivity index (χ4n) is 2.45. The maximum atomic E-state index is 8.97. The van der Waals surface area contributed by atoms with E-state index in [9.17, 15) is 0 Å². The van der Waals surface area contributed by atoms with Crippen LogP contribution < -0.4 is 0 Å². The third-order valence-corrected chi connectivity index (χ3v) is 4.14. The average molecular weight is 195 g/mol. The van der Waals surface area contributed by atoms with E-state index in [2.05, 4.69) is 40.7 Å². The highest BCUT2D eigenvalue weighted by Gasteiger charge is 2.41. The van der Waals surface area contributed by atoms with E-state index in [1.54, 1.807) is 0 Å². The lowest BCUT2D eigenvalue weighted by molar-refractivity contribution is 0.0511. The second-order valence-electron chi connectivity index (χ2n) is 4.96. The second-order valence-corrected chi connectivity index (χ2v) is 4.96. The molecule has 0 saturated heterocycles. The fraction of sp³-hybridized carbons (Fsp3) is 0.923. The van der Waals surface area contributed by atoms with Crippen LogP contribution in [0.25, 0.3) is 0 Å². The molecular weight excluding hydrogens is 170 g/mol. The number of hydrogen-bond acceptors (Lipinski definition) is 1. The number of nitriles is 1. The van der Waals surface area contributed by atoms with Gasteiger partial charge in [-0.25, -0.2) is 0 Å². The molecule has 0 spiro atoms. The number of rotatable bonds is 6. The SMILES string of the molecule is CCCC(CC)(CC#N)C(C)(C)CC. The van der Waals surface area contributed by atoms with Crippen molar-refractivity contribution in [3.05, 3.63) is 0 Å². The quantitative estimate of drug-likeness (QED) is 0.610. The summed E-state index contributed by atoms with van der Waals surface area (Å²) in [5, 5.41) is 8.97. The summed E-state index contributed by atoms with van der Waals surface area (Å²) < 4.78 is 0. The minimum absolute atomic E-state index is 0.227. The van der Waals surface area contributed by atoms with Crippen molar-refractivity contribution in [2.24, 2.45) is 10.8 Å². The van der Waals surface area contributed by atoms with Crippen LogP contribution in [0.15, 0.2) is 0 Å². The van der Waals surface area contributed by atoms with Gasteiger partial charge in [0, 0.05) is 6.42 Å². The minimum atomic E-state index is 0.227. The summed E-state index contributed by atoms with van der Waals surface area (Å²) in [6.45, 7) is 11.3. The smallest absolute Gasteiger partial charge is 0.0627 e. The van der Waals surface area contributed by atoms with Gasteiger partial charge in [-0.3, -0.25) is 0 Å². The molecule has 0 aliphatic carbocycles. The lowest BCUT2D eigenvalue weighted by atomic mass is 9.59. The number of nitrogens with zero attached hydrogens (tertiary/aromatic N) is 1. The molecule has 0 rings (SSSR count). The molecule has 0 heterocycles. The molecule has 0 aliphatic heterocycles. The van der Waals surface area contributed by atoms with Crippen molar-refractivity contribution in [3.63, 3.8) is 0 Å². The molecule has 0 radical (unpaired) electrons. The molecular formula is C13H25N. The maximum absolute atomic E-state index is 8.97. The lowest BCUT2D eigenvalue weighted by Gasteiger charge is -2.45. The molecule has 82 valence electrons. The van der Waals surface area contributed by atoms with E-state index in [0.717, 1.165) is 12.8 Å². The predicted octanol–water partition coefficient (Wildman–Crippen LogP) is 4.53. The molecule has 0 saturated carbocycles. The van der Waals surface area contributed by atoms with Gasteiger partial charge in [0.15, 0.2) is 0 Å². The molecule has 1 heteroatoms. The van der Waals surface area contributed by atoms with Crippen LogP contribution in [0.4, 0.5) is 0 Å². The van der Waals surface area contributed by atoms with Gasteiger partial charge in [0.05, 0.1) is 6.07 Å². The van der Waals surface area contributed by atoms with E-state index < -0.39 is 0 Å². The summed E-state index contributed by atoms with van der Waals surface area (Å²) in [5.41, 5.74) is 0.513. The zero-order chi connectivity index (χ0) is 11.2. The molecule has 0 amide bonds. The first kappa shape index (κ1) is 13.5. The Kier molecular flexibility index (Phi) is 5.19. The minimum Gasteiger partial charge on any atom is -0.198 e. The molecule has 0 bridgehead atoms. The molecule has 0 aromatic carbocycles. The summed E-state index contributed by atoms with van der Waals surface area (Å²) in [5.74, 6) is 0. The standard InChI is InChI=1S/C13H25N/c1-6-9-13(8-3,10-11-14)12(4,5)7-2/h6-10H2,1-5H3. The molecule has 14 heavy (non-hydrogen) atoms. The Balaban J connectivity index is 4.92. The molecule has 0 N–H and O–H groups in total. The first-order chi connectivity index (χ1) is 6.49. The molecule has 0 aromatic rings. The van der Waals surface area contributed by atoms with Gasteiger partial charge in [0.2, 0.25) is 0 Å². The van der Waals surface area contributed by atoms with Gasteiger partial charge in [0.25, 0.3) is 0 Å². The Morgan fingerprint density at radius 3 is 1.93 bits per heavy atom. The average Bonchev–Trinajstić information content (AvgIpc) is 2.17. The van der Waals surface area contributed by atoms with E-state index in [1.807, 2.05) is 0 Å². The van der Waals surface area contributed by atoms with Crippen molar-refractivity contribution in [2.75, 3.05) is 0 Å². The summed E-state index contributed by atoms with van der Waals surface area (Å²) in [7, 11) is 0. The van der Waals surface area contributed by atoms with Crippen molar-refractivity contribution in [2.45, 2.75) is 66.7 Å². The Labute approximate surface area is 89.5 Å². The van der Waals surface area contributed by atoms with Crippen LogP contribution in [0.2, 0.25) is 0 Å². The van der Waals surface area contributed by atoms with Gasteiger partial charge in [0.1, 0.15) is 0 Å². The van der Waals surface area contributed by atoms with Gasteiger partial charge in [-0.1, -0.05) is 47.5 Å². The van der Waals surface area contributed by atoms with E-state index in [-0.39, 0.29) is 10.8 Å². The molecule has 1 atom stereocenters. The highest BCUT2D eigenvalue weighted by Crippen LogP contribution is 2.50. The number of hydrogen-bond donors (Lipinski definition) is 0. The van der Waals surface area contributed by atoms with Crippen LogP contribution >= 0.6 is 0 Å². The first-order valence-electron chi connectivity index (χ1n) is 5.86. The van der Waals surface area contributed by atoms with Crippen LogP contribution in [-0.2, 0) is 0 Å². The van der Waals surface area contributed by atoms with Gasteiger partial charge >= 0.3 is 0 Å². The van der Waals surface area contributed by atoms with Gasteiger partial charge in [-0.2, -0.15) is 5.26 Å². The second kappa shape index (κ2) is 5.39. The normalized spacial score (nSPS) is 16.0. The molecule has 0 fully saturated rings. The predicted molar refractivity (Wildman–Crippen MR) is 61.9 cm³/mol. The Hall–Kier alpha value is -0.510. The van der Waals surface area contributed by atoms with E-state index in [1.165, 1.54) is 12.8 Å². The van der Waals surface area contributed by atoms with Crippen molar-refractivity contribution in [1.82, 2.24) is 0 Å². The largest absolute Gasteiger partial charge is 0.198 e. The monoisotopic (exact) mass is 195 g/mol. The van der Waals surface area contributed by atoms with Crippen LogP contribution in [0.5, 0.6) is 0 Å². The Bertz CT molecular complexity index is 200. The zero-order valence-corrected chi connectivity index (χ0v) is 10.5. The van der Waals surface area contributed by atoms with E-state index in [0.29, 0.717) is 6.42 Å². The van der Waals surface area contributed by atoms with Gasteiger partial charge in [-0.15, -0.1) is 0 Å². The van der Waals surface area contributed by atoms with Crippen LogP contribution in [-0.4, -0.2) is 0 Å². The Morgan fingerprint density at radius 2 is 1.64 bits per heavy atom.